The molecule has 4 aromatic heterocycles. The maximum absolute atomic E-state index is 5.59. The molecule has 13 aromatic rings. The van der Waals surface area contributed by atoms with E-state index in [1.807, 2.05) is 30.1 Å². The predicted octanol–water partition coefficient (Wildman–Crippen LogP) is 13.9. The summed E-state index contributed by atoms with van der Waals surface area (Å²) in [5.41, 5.74) is 8.59. The van der Waals surface area contributed by atoms with E-state index in [0.717, 1.165) is 77.5 Å². The van der Waals surface area contributed by atoms with Crippen LogP contribution < -0.4 is 25.6 Å². The molecule has 0 aliphatic carbocycles. The van der Waals surface area contributed by atoms with Crippen LogP contribution in [0.4, 0.5) is 5.95 Å². The van der Waals surface area contributed by atoms with Gasteiger partial charge in [0.05, 0.1) is 33.1 Å². The molecule has 0 fully saturated rings. The maximum atomic E-state index is 5.59. The third kappa shape index (κ3) is 7.36. The Morgan fingerprint density at radius 3 is 1.50 bits per heavy atom. The van der Waals surface area contributed by atoms with Gasteiger partial charge in [-0.15, -0.1) is 0 Å². The summed E-state index contributed by atoms with van der Waals surface area (Å²) in [6.07, 6.45) is 9.06. The van der Waals surface area contributed by atoms with Crippen molar-refractivity contribution in [3.05, 3.63) is 273 Å². The highest BCUT2D eigenvalue weighted by Crippen LogP contribution is 2.42. The van der Waals surface area contributed by atoms with Gasteiger partial charge < -0.3 is 4.57 Å². The molecule has 7 nitrogen and oxygen atoms in total. The molecule has 9 aromatic carbocycles. The minimum atomic E-state index is -2.93. The predicted molar refractivity (Wildman–Crippen MR) is 321 cm³/mol. The van der Waals surface area contributed by atoms with Crippen LogP contribution in [0.1, 0.15) is 20.3 Å². The van der Waals surface area contributed by atoms with Crippen LogP contribution >= 0.6 is 0 Å². The summed E-state index contributed by atoms with van der Waals surface area (Å²) in [6.45, 7) is 13.1. The Morgan fingerprint density at radius 2 is 0.947 bits per heavy atom. The van der Waals surface area contributed by atoms with Gasteiger partial charge in [0.1, 0.15) is 0 Å². The van der Waals surface area contributed by atoms with Crippen molar-refractivity contribution < 1.29 is 0 Å². The molecule has 0 aliphatic rings. The van der Waals surface area contributed by atoms with Gasteiger partial charge >= 0.3 is 0 Å². The van der Waals surface area contributed by atoms with E-state index >= 15 is 0 Å². The van der Waals surface area contributed by atoms with Crippen LogP contribution in [0.15, 0.2) is 273 Å². The Kier molecular flexibility index (Phi) is 11.5. The number of benzene rings is 9. The first-order chi connectivity index (χ1) is 37.4. The molecule has 0 saturated heterocycles. The molecule has 0 aliphatic heterocycles. The largest absolute Gasteiger partial charge is 0.309 e. The normalized spacial score (nSPS) is 12.1. The van der Waals surface area contributed by atoms with Gasteiger partial charge in [-0.05, 0) is 82.6 Å². The van der Waals surface area contributed by atoms with Crippen molar-refractivity contribution in [2.24, 2.45) is 0 Å². The quantitative estimate of drug-likeness (QED) is 0.0656. The molecule has 0 N–H and O–H groups in total. The zero-order chi connectivity index (χ0) is 51.3. The highest BCUT2D eigenvalue weighted by molar-refractivity contribution is 7.20. The van der Waals surface area contributed by atoms with Crippen LogP contribution in [0.25, 0.3) is 83.0 Å². The molecule has 13 rings (SSSR count). The topological polar surface area (TPSA) is 56.7 Å². The Bertz CT molecular complexity index is 4280. The zero-order valence-corrected chi connectivity index (χ0v) is 43.4. The monoisotopic (exact) mass is 995 g/mol. The second-order valence-electron chi connectivity index (χ2n) is 19.3. The van der Waals surface area contributed by atoms with Crippen LogP contribution in [-0.2, 0) is 0 Å². The lowest BCUT2D eigenvalue weighted by molar-refractivity contribution is 0.864. The van der Waals surface area contributed by atoms with Crippen molar-refractivity contribution in [3.63, 3.8) is 0 Å². The van der Waals surface area contributed by atoms with Crippen LogP contribution in [-0.4, -0.2) is 36.7 Å². The van der Waals surface area contributed by atoms with Gasteiger partial charge in [-0.25, -0.2) is 0 Å². The molecule has 0 atom stereocenters. The Labute approximate surface area is 442 Å². The summed E-state index contributed by atoms with van der Waals surface area (Å²) in [5.74, 6) is 1.35. The first kappa shape index (κ1) is 46.2. The molecular weight excluding hydrogens is 943 g/mol. The minimum Gasteiger partial charge on any atom is -0.309 e. The van der Waals surface area contributed by atoms with E-state index in [9.17, 15) is 0 Å². The SMILES string of the molecule is C=C(C)N(C(=C)/C=C\C=C/CC)c1nc(-n2c3ccccc3c3ccccc32)nc(-n2c3ccccc3c3ccc4c(c5ccc([Si](c6ccccc6)(c6ccccc6)c6ccccc6)cc5n4-c4ccccc4)c32)n1. The lowest BCUT2D eigenvalue weighted by atomic mass is 10.1. The van der Waals surface area contributed by atoms with Crippen LogP contribution in [0, 0.1) is 0 Å². The van der Waals surface area contributed by atoms with E-state index in [4.69, 9.17) is 15.0 Å². The molecule has 0 unspecified atom stereocenters. The van der Waals surface area contributed by atoms with Crippen molar-refractivity contribution in [2.75, 3.05) is 4.90 Å². The molecule has 364 valence electrons. The average molecular weight is 996 g/mol. The van der Waals surface area contributed by atoms with E-state index in [1.165, 1.54) is 20.7 Å². The Morgan fingerprint density at radius 1 is 0.461 bits per heavy atom. The lowest BCUT2D eigenvalue weighted by Crippen LogP contribution is -2.74. The molecule has 4 heterocycles. The fraction of sp³-hybridized carbons (Fsp3) is 0.0441. The molecule has 0 radical (unpaired) electrons. The number of rotatable bonds is 13. The molecule has 8 heteroatoms. The van der Waals surface area contributed by atoms with E-state index in [0.29, 0.717) is 29.2 Å². The number of nitrogens with zero attached hydrogens (tertiary/aromatic N) is 7. The molecule has 0 spiro atoms. The van der Waals surface area contributed by atoms with Gasteiger partial charge in [-0.3, -0.25) is 14.0 Å². The standard InChI is InChI=1S/C68H53N7Si/c1-5-6-7-12-27-48(4)72(47(2)3)66-69-67(74-59-39-24-21-36-54(59)55-37-22-25-40-60(55)74)71-68(70-66)75-61-41-26-23-38-56(61)57-44-45-62-64(65(57)75)58-43-42-53(46-63(58)73(62)49-28-13-8-14-29-49)76(50-30-15-9-16-31-50,51-32-17-10-18-33-51)52-34-19-11-20-35-52/h6-46H,2,4-5H2,1,3H3/b7-6-,27-12-. The smallest absolute Gasteiger partial charge is 0.241 e. The third-order valence-corrected chi connectivity index (χ3v) is 19.6. The summed E-state index contributed by atoms with van der Waals surface area (Å²) in [4.78, 5) is 18.4. The third-order valence-electron chi connectivity index (χ3n) is 14.9. The van der Waals surface area contributed by atoms with Crippen molar-refractivity contribution in [1.29, 1.82) is 0 Å². The highest BCUT2D eigenvalue weighted by atomic mass is 28.3. The fourth-order valence-corrected chi connectivity index (χ4v) is 16.5. The van der Waals surface area contributed by atoms with Gasteiger partial charge in [0.2, 0.25) is 17.8 Å². The van der Waals surface area contributed by atoms with E-state index in [-0.39, 0.29) is 0 Å². The average Bonchev–Trinajstić information content (AvgIpc) is 4.19. The molecule has 76 heavy (non-hydrogen) atoms. The van der Waals surface area contributed by atoms with E-state index in [2.05, 4.69) is 264 Å². The van der Waals surface area contributed by atoms with Crippen molar-refractivity contribution in [3.8, 4) is 17.6 Å². The molecule has 0 saturated carbocycles. The molecule has 0 bridgehead atoms. The summed E-state index contributed by atoms with van der Waals surface area (Å²) >= 11 is 0. The van der Waals surface area contributed by atoms with Crippen molar-refractivity contribution in [2.45, 2.75) is 20.3 Å². The second kappa shape index (κ2) is 19.0. The van der Waals surface area contributed by atoms with Gasteiger partial charge in [0.25, 0.3) is 0 Å². The zero-order valence-electron chi connectivity index (χ0n) is 42.4. The van der Waals surface area contributed by atoms with E-state index < -0.39 is 8.07 Å². The van der Waals surface area contributed by atoms with Gasteiger partial charge in [0.15, 0.2) is 8.07 Å². The summed E-state index contributed by atoms with van der Waals surface area (Å²) in [6, 6.07) is 81.5. The first-order valence-electron chi connectivity index (χ1n) is 25.9. The maximum Gasteiger partial charge on any atom is 0.241 e. The number of para-hydroxylation sites is 4. The summed E-state index contributed by atoms with van der Waals surface area (Å²) < 4.78 is 6.87. The van der Waals surface area contributed by atoms with Crippen LogP contribution in [0.5, 0.6) is 0 Å². The number of hydrogen-bond donors (Lipinski definition) is 0. The molecular formula is C68H53N7Si. The Balaban J connectivity index is 1.16. The number of fused-ring (bicyclic) bond motifs is 10. The number of hydrogen-bond acceptors (Lipinski definition) is 4. The summed E-state index contributed by atoms with van der Waals surface area (Å²) in [7, 11) is -2.93. The van der Waals surface area contributed by atoms with Crippen LogP contribution in [0.2, 0.25) is 0 Å². The number of anilines is 1. The summed E-state index contributed by atoms with van der Waals surface area (Å²) in [5, 5.41) is 11.9. The van der Waals surface area contributed by atoms with Gasteiger partial charge in [0, 0.05) is 49.4 Å². The van der Waals surface area contributed by atoms with Gasteiger partial charge in [-0.1, -0.05) is 220 Å². The number of allylic oxidation sites excluding steroid dienone is 5. The van der Waals surface area contributed by atoms with Crippen LogP contribution in [0.3, 0.4) is 0 Å². The molecule has 0 amide bonds. The van der Waals surface area contributed by atoms with Crippen molar-refractivity contribution in [1.82, 2.24) is 28.7 Å². The first-order valence-corrected chi connectivity index (χ1v) is 27.9. The van der Waals surface area contributed by atoms with Gasteiger partial charge in [-0.2, -0.15) is 15.0 Å². The fourth-order valence-electron chi connectivity index (χ4n) is 11.7. The minimum absolute atomic E-state index is 0.405. The number of aromatic nitrogens is 6. The Hall–Kier alpha value is -9.63. The highest BCUT2D eigenvalue weighted by Gasteiger charge is 2.42. The van der Waals surface area contributed by atoms with Crippen molar-refractivity contribution >= 4 is 100 Å². The lowest BCUT2D eigenvalue weighted by Gasteiger charge is -2.34. The van der Waals surface area contributed by atoms with E-state index in [1.54, 1.807) is 0 Å². The second-order valence-corrected chi connectivity index (χ2v) is 23.1.